The third-order valence-electron chi connectivity index (χ3n) is 5.04. The summed E-state index contributed by atoms with van der Waals surface area (Å²) >= 11 is 1.80. The minimum Gasteiger partial charge on any atom is -0.338 e. The van der Waals surface area contributed by atoms with E-state index < -0.39 is 0 Å². The van der Waals surface area contributed by atoms with Crippen LogP contribution in [0.25, 0.3) is 0 Å². The van der Waals surface area contributed by atoms with E-state index in [4.69, 9.17) is 0 Å². The molecular formula is C18H23N5OS. The van der Waals surface area contributed by atoms with Crippen molar-refractivity contribution in [2.24, 2.45) is 0 Å². The molecule has 2 aromatic rings. The van der Waals surface area contributed by atoms with Gasteiger partial charge in [-0.25, -0.2) is 9.97 Å². The van der Waals surface area contributed by atoms with Crippen molar-refractivity contribution in [3.05, 3.63) is 40.8 Å². The minimum absolute atomic E-state index is 0.247. The van der Waals surface area contributed by atoms with Crippen LogP contribution in [-0.2, 0) is 4.79 Å². The van der Waals surface area contributed by atoms with Gasteiger partial charge < -0.3 is 9.80 Å². The van der Waals surface area contributed by atoms with Gasteiger partial charge in [0.2, 0.25) is 11.9 Å². The fraction of sp³-hybridized carbons (Fsp3) is 0.500. The van der Waals surface area contributed by atoms with Gasteiger partial charge >= 0.3 is 0 Å². The fourth-order valence-electron chi connectivity index (χ4n) is 3.70. The molecule has 2 fully saturated rings. The van der Waals surface area contributed by atoms with E-state index in [1.165, 1.54) is 11.3 Å². The highest BCUT2D eigenvalue weighted by molar-refractivity contribution is 7.10. The smallest absolute Gasteiger partial charge is 0.236 e. The second kappa shape index (κ2) is 7.49. The Morgan fingerprint density at radius 3 is 2.64 bits per heavy atom. The number of anilines is 1. The van der Waals surface area contributed by atoms with E-state index in [0.717, 1.165) is 45.1 Å². The number of amides is 1. The van der Waals surface area contributed by atoms with E-state index in [-0.39, 0.29) is 5.91 Å². The number of carbonyl (C=O) groups is 1. The number of carbonyl (C=O) groups excluding carboxylic acids is 1. The summed E-state index contributed by atoms with van der Waals surface area (Å²) in [4.78, 5) is 29.2. The van der Waals surface area contributed by atoms with Crippen LogP contribution in [0.5, 0.6) is 0 Å². The van der Waals surface area contributed by atoms with Gasteiger partial charge in [0, 0.05) is 49.5 Å². The van der Waals surface area contributed by atoms with Crippen LogP contribution in [0.1, 0.15) is 23.8 Å². The van der Waals surface area contributed by atoms with E-state index >= 15 is 0 Å². The predicted octanol–water partition coefficient (Wildman–Crippen LogP) is 2.02. The average molecular weight is 357 g/mol. The number of nitrogens with zero attached hydrogens (tertiary/aromatic N) is 5. The molecule has 0 bridgehead atoms. The highest BCUT2D eigenvalue weighted by Gasteiger charge is 2.30. The lowest BCUT2D eigenvalue weighted by molar-refractivity contribution is -0.133. The molecule has 6 nitrogen and oxygen atoms in total. The van der Waals surface area contributed by atoms with Crippen molar-refractivity contribution in [2.45, 2.75) is 18.9 Å². The molecule has 1 amide bonds. The second-order valence-electron chi connectivity index (χ2n) is 6.56. The molecule has 0 spiro atoms. The van der Waals surface area contributed by atoms with Gasteiger partial charge in [-0.1, -0.05) is 6.07 Å². The highest BCUT2D eigenvalue weighted by atomic mass is 32.1. The summed E-state index contributed by atoms with van der Waals surface area (Å²) in [5, 5.41) is 2.12. The van der Waals surface area contributed by atoms with E-state index in [0.29, 0.717) is 12.6 Å². The Morgan fingerprint density at radius 2 is 1.92 bits per heavy atom. The number of aromatic nitrogens is 2. The Kier molecular flexibility index (Phi) is 4.94. The van der Waals surface area contributed by atoms with Crippen LogP contribution in [0.15, 0.2) is 36.0 Å². The largest absolute Gasteiger partial charge is 0.338 e. The van der Waals surface area contributed by atoms with Crippen molar-refractivity contribution < 1.29 is 4.79 Å². The maximum absolute atomic E-state index is 12.8. The Balaban J connectivity index is 1.32. The van der Waals surface area contributed by atoms with Gasteiger partial charge in [-0.3, -0.25) is 9.69 Å². The van der Waals surface area contributed by atoms with Crippen LogP contribution in [0.3, 0.4) is 0 Å². The van der Waals surface area contributed by atoms with Gasteiger partial charge in [0.15, 0.2) is 0 Å². The second-order valence-corrected chi connectivity index (χ2v) is 7.54. The topological polar surface area (TPSA) is 52.6 Å². The van der Waals surface area contributed by atoms with Crippen molar-refractivity contribution >= 4 is 23.2 Å². The molecule has 0 N–H and O–H groups in total. The molecular weight excluding hydrogens is 334 g/mol. The van der Waals surface area contributed by atoms with Gasteiger partial charge in [-0.2, -0.15) is 0 Å². The lowest BCUT2D eigenvalue weighted by atomic mass is 10.2. The maximum Gasteiger partial charge on any atom is 0.236 e. The summed E-state index contributed by atoms with van der Waals surface area (Å²) in [7, 11) is 0. The molecule has 0 unspecified atom stereocenters. The molecule has 4 rings (SSSR count). The third kappa shape index (κ3) is 3.67. The molecule has 0 saturated carbocycles. The monoisotopic (exact) mass is 357 g/mol. The number of likely N-dealkylation sites (tertiary alicyclic amines) is 1. The van der Waals surface area contributed by atoms with Crippen molar-refractivity contribution in [1.29, 1.82) is 0 Å². The Labute approximate surface area is 152 Å². The molecule has 2 aliphatic rings. The molecule has 132 valence electrons. The first-order valence-corrected chi connectivity index (χ1v) is 9.76. The maximum atomic E-state index is 12.8. The summed E-state index contributed by atoms with van der Waals surface area (Å²) in [5.41, 5.74) is 0. The lowest BCUT2D eigenvalue weighted by Crippen LogP contribution is -2.51. The molecule has 1 atom stereocenters. The zero-order valence-corrected chi connectivity index (χ0v) is 15.1. The number of thiophene rings is 1. The van der Waals surface area contributed by atoms with Gasteiger partial charge in [-0.05, 0) is 36.9 Å². The molecule has 2 aliphatic heterocycles. The Hall–Kier alpha value is -1.99. The summed E-state index contributed by atoms with van der Waals surface area (Å²) in [6, 6.07) is 6.53. The number of piperazine rings is 1. The average Bonchev–Trinajstić information content (AvgIpc) is 3.34. The predicted molar refractivity (Wildman–Crippen MR) is 98.7 cm³/mol. The molecule has 7 heteroatoms. The lowest BCUT2D eigenvalue weighted by Gasteiger charge is -2.36. The summed E-state index contributed by atoms with van der Waals surface area (Å²) in [6.07, 6.45) is 5.86. The fourth-order valence-corrected chi connectivity index (χ4v) is 4.60. The van der Waals surface area contributed by atoms with E-state index in [1.54, 1.807) is 23.7 Å². The molecule has 4 heterocycles. The molecule has 25 heavy (non-hydrogen) atoms. The molecule has 0 radical (unpaired) electrons. The Bertz CT molecular complexity index is 685. The van der Waals surface area contributed by atoms with Crippen LogP contribution >= 0.6 is 11.3 Å². The number of hydrogen-bond acceptors (Lipinski definition) is 6. The van der Waals surface area contributed by atoms with Gasteiger partial charge in [0.25, 0.3) is 0 Å². The highest BCUT2D eigenvalue weighted by Crippen LogP contribution is 2.34. The summed E-state index contributed by atoms with van der Waals surface area (Å²) in [6.45, 7) is 4.63. The van der Waals surface area contributed by atoms with Crippen LogP contribution in [0.4, 0.5) is 5.95 Å². The standard InChI is InChI=1S/C18H23N5OS/c24-17(14-23-8-1-4-15(23)16-5-2-13-25-16)21-9-11-22(12-10-21)18-19-6-3-7-20-18/h2-3,5-7,13,15H,1,4,8-12,14H2/t15-/m0/s1. The van der Waals surface area contributed by atoms with E-state index in [1.807, 2.05) is 11.0 Å². The quantitative estimate of drug-likeness (QED) is 0.838. The summed E-state index contributed by atoms with van der Waals surface area (Å²) < 4.78 is 0. The number of hydrogen-bond donors (Lipinski definition) is 0. The van der Waals surface area contributed by atoms with Crippen LogP contribution < -0.4 is 4.90 Å². The van der Waals surface area contributed by atoms with Gasteiger partial charge in [0.1, 0.15) is 0 Å². The first kappa shape index (κ1) is 16.5. The Morgan fingerprint density at radius 1 is 1.12 bits per heavy atom. The van der Waals surface area contributed by atoms with Crippen molar-refractivity contribution in [2.75, 3.05) is 44.2 Å². The van der Waals surface area contributed by atoms with Crippen molar-refractivity contribution in [3.8, 4) is 0 Å². The third-order valence-corrected chi connectivity index (χ3v) is 6.01. The van der Waals surface area contributed by atoms with Crippen LogP contribution in [0.2, 0.25) is 0 Å². The first-order valence-electron chi connectivity index (χ1n) is 8.88. The SMILES string of the molecule is O=C(CN1CCC[C@H]1c1cccs1)N1CCN(c2ncccn2)CC1. The summed E-state index contributed by atoms with van der Waals surface area (Å²) in [5.74, 6) is 1.00. The van der Waals surface area contributed by atoms with Crippen molar-refractivity contribution in [3.63, 3.8) is 0 Å². The first-order chi connectivity index (χ1) is 12.3. The minimum atomic E-state index is 0.247. The van der Waals surface area contributed by atoms with Crippen molar-refractivity contribution in [1.82, 2.24) is 19.8 Å². The zero-order valence-electron chi connectivity index (χ0n) is 14.3. The molecule has 2 saturated heterocycles. The number of rotatable bonds is 4. The van der Waals surface area contributed by atoms with Gasteiger partial charge in [-0.15, -0.1) is 11.3 Å². The van der Waals surface area contributed by atoms with E-state index in [9.17, 15) is 4.79 Å². The normalized spacial score (nSPS) is 21.7. The molecule has 0 aromatic carbocycles. The van der Waals surface area contributed by atoms with Crippen LogP contribution in [-0.4, -0.2) is 64.9 Å². The zero-order chi connectivity index (χ0) is 17.1. The molecule has 0 aliphatic carbocycles. The van der Waals surface area contributed by atoms with E-state index in [2.05, 4.69) is 37.3 Å². The molecule has 2 aromatic heterocycles. The van der Waals surface area contributed by atoms with Crippen LogP contribution in [0, 0.1) is 0 Å². The van der Waals surface area contributed by atoms with Gasteiger partial charge in [0.05, 0.1) is 6.54 Å².